The van der Waals surface area contributed by atoms with Crippen molar-refractivity contribution in [1.29, 1.82) is 0 Å². The fourth-order valence-corrected chi connectivity index (χ4v) is 1.59. The minimum absolute atomic E-state index is 0.606. The molecule has 0 spiro atoms. The Morgan fingerprint density at radius 3 is 2.82 bits per heavy atom. The van der Waals surface area contributed by atoms with Crippen molar-refractivity contribution >= 4 is 0 Å². The largest absolute Gasteiger partial charge is 0.396 e. The van der Waals surface area contributed by atoms with Crippen molar-refractivity contribution in [3.63, 3.8) is 0 Å². The molecule has 0 heterocycles. The molecule has 0 saturated carbocycles. The van der Waals surface area contributed by atoms with Gasteiger partial charge in [0.25, 0.3) is 0 Å². The molecule has 1 aliphatic rings. The molecule has 0 saturated heterocycles. The Bertz CT molecular complexity index is 197. The zero-order chi connectivity index (χ0) is 8.27. The van der Waals surface area contributed by atoms with Gasteiger partial charge >= 0.3 is 0 Å². The standard InChI is InChI=1S/C10H17N/c1-3-4-5-9-6-8(2)7-10(9)11/h9H,3-6,11H2,1-2H3. The van der Waals surface area contributed by atoms with Crippen LogP contribution in [0.3, 0.4) is 0 Å². The van der Waals surface area contributed by atoms with E-state index in [2.05, 4.69) is 19.6 Å². The van der Waals surface area contributed by atoms with E-state index in [1.165, 1.54) is 24.8 Å². The molecule has 11 heavy (non-hydrogen) atoms. The molecule has 0 amide bonds. The van der Waals surface area contributed by atoms with Crippen LogP contribution in [0.5, 0.6) is 0 Å². The van der Waals surface area contributed by atoms with E-state index >= 15 is 0 Å². The molecule has 1 aliphatic carbocycles. The molecule has 1 atom stereocenters. The Morgan fingerprint density at radius 2 is 2.36 bits per heavy atom. The number of unbranched alkanes of at least 4 members (excludes halogenated alkanes) is 1. The fourth-order valence-electron chi connectivity index (χ4n) is 1.59. The molecular weight excluding hydrogens is 134 g/mol. The molecular formula is C10H17N. The summed E-state index contributed by atoms with van der Waals surface area (Å²) in [6.07, 6.45) is 4.95. The molecule has 0 aromatic rings. The highest BCUT2D eigenvalue weighted by Gasteiger charge is 2.16. The van der Waals surface area contributed by atoms with Crippen molar-refractivity contribution in [2.45, 2.75) is 39.5 Å². The van der Waals surface area contributed by atoms with Crippen LogP contribution >= 0.6 is 0 Å². The number of allylic oxidation sites excluding steroid dienone is 1. The van der Waals surface area contributed by atoms with Gasteiger partial charge in [0.1, 0.15) is 0 Å². The Balaban J connectivity index is 2.38. The highest BCUT2D eigenvalue weighted by molar-refractivity contribution is 5.17. The number of nitrogens with two attached hydrogens (primary N) is 1. The van der Waals surface area contributed by atoms with Crippen LogP contribution in [-0.4, -0.2) is 0 Å². The van der Waals surface area contributed by atoms with Crippen molar-refractivity contribution in [1.82, 2.24) is 0 Å². The number of hydrogen-bond acceptors (Lipinski definition) is 1. The third-order valence-corrected chi connectivity index (χ3v) is 2.26. The van der Waals surface area contributed by atoms with Gasteiger partial charge in [-0.1, -0.05) is 19.8 Å². The van der Waals surface area contributed by atoms with Crippen LogP contribution in [0.2, 0.25) is 0 Å². The van der Waals surface area contributed by atoms with Crippen LogP contribution in [0.4, 0.5) is 0 Å². The van der Waals surface area contributed by atoms with Crippen LogP contribution in [0, 0.1) is 5.92 Å². The summed E-state index contributed by atoms with van der Waals surface area (Å²) >= 11 is 0. The lowest BCUT2D eigenvalue weighted by molar-refractivity contribution is 0.534. The molecule has 0 fully saturated rings. The van der Waals surface area contributed by atoms with Gasteiger partial charge in [-0.05, 0) is 25.3 Å². The van der Waals surface area contributed by atoms with E-state index in [1.807, 2.05) is 0 Å². The Labute approximate surface area is 69.0 Å². The van der Waals surface area contributed by atoms with Crippen molar-refractivity contribution in [2.24, 2.45) is 11.7 Å². The maximum Gasteiger partial charge on any atom is 0.0546 e. The Kier molecular flexibility index (Phi) is 2.78. The van der Waals surface area contributed by atoms with Crippen LogP contribution in [0.25, 0.3) is 0 Å². The average molecular weight is 151 g/mol. The van der Waals surface area contributed by atoms with E-state index in [9.17, 15) is 0 Å². The molecule has 0 bridgehead atoms. The van der Waals surface area contributed by atoms with E-state index in [4.69, 9.17) is 5.73 Å². The Hall–Kier alpha value is -0.680. The van der Waals surface area contributed by atoms with Crippen molar-refractivity contribution in [2.75, 3.05) is 0 Å². The molecule has 1 nitrogen and oxygen atoms in total. The van der Waals surface area contributed by atoms with E-state index in [-0.39, 0.29) is 0 Å². The highest BCUT2D eigenvalue weighted by atomic mass is 14.6. The third-order valence-electron chi connectivity index (χ3n) is 2.26. The highest BCUT2D eigenvalue weighted by Crippen LogP contribution is 2.26. The summed E-state index contributed by atoms with van der Waals surface area (Å²) in [4.78, 5) is 0. The van der Waals surface area contributed by atoms with Crippen LogP contribution in [0.15, 0.2) is 17.0 Å². The molecule has 62 valence electrons. The normalized spacial score (nSPS) is 23.3. The number of rotatable bonds is 3. The predicted molar refractivity (Wildman–Crippen MR) is 48.0 cm³/mol. The lowest BCUT2D eigenvalue weighted by atomic mass is 9.97. The minimum Gasteiger partial charge on any atom is -0.396 e. The third kappa shape index (κ3) is 2.13. The topological polar surface area (TPSA) is 26.0 Å². The zero-order valence-electron chi connectivity index (χ0n) is 7.48. The van der Waals surface area contributed by atoms with E-state index in [0.717, 1.165) is 12.1 Å². The number of hydrogen-bond donors (Lipinski definition) is 1. The van der Waals surface area contributed by atoms with Gasteiger partial charge in [-0.15, -0.1) is 5.73 Å². The van der Waals surface area contributed by atoms with E-state index in [1.54, 1.807) is 0 Å². The maximum atomic E-state index is 5.79. The Morgan fingerprint density at radius 1 is 1.64 bits per heavy atom. The van der Waals surface area contributed by atoms with E-state index < -0.39 is 0 Å². The summed E-state index contributed by atoms with van der Waals surface area (Å²) in [5.74, 6) is 0.606. The zero-order valence-corrected chi connectivity index (χ0v) is 7.48. The van der Waals surface area contributed by atoms with Crippen molar-refractivity contribution in [3.8, 4) is 0 Å². The van der Waals surface area contributed by atoms with Gasteiger partial charge in [0.15, 0.2) is 0 Å². The molecule has 2 N–H and O–H groups in total. The first kappa shape index (κ1) is 8.42. The second kappa shape index (κ2) is 3.64. The van der Waals surface area contributed by atoms with Crippen molar-refractivity contribution in [3.05, 3.63) is 17.0 Å². The van der Waals surface area contributed by atoms with Crippen LogP contribution in [-0.2, 0) is 0 Å². The maximum absolute atomic E-state index is 5.79. The molecule has 1 heteroatoms. The first-order chi connectivity index (χ1) is 5.24. The molecule has 0 aliphatic heterocycles. The van der Waals surface area contributed by atoms with Gasteiger partial charge in [-0.2, -0.15) is 0 Å². The summed E-state index contributed by atoms with van der Waals surface area (Å²) in [6, 6.07) is 0. The first-order valence-corrected chi connectivity index (χ1v) is 4.45. The molecule has 0 aromatic heterocycles. The summed E-state index contributed by atoms with van der Waals surface area (Å²) in [7, 11) is 0. The van der Waals surface area contributed by atoms with Crippen LogP contribution < -0.4 is 5.73 Å². The van der Waals surface area contributed by atoms with Gasteiger partial charge in [-0.25, -0.2) is 0 Å². The lowest BCUT2D eigenvalue weighted by Crippen LogP contribution is -2.07. The van der Waals surface area contributed by atoms with E-state index in [0.29, 0.717) is 5.92 Å². The van der Waals surface area contributed by atoms with Gasteiger partial charge in [0.2, 0.25) is 0 Å². The van der Waals surface area contributed by atoms with Crippen LogP contribution in [0.1, 0.15) is 39.5 Å². The summed E-state index contributed by atoms with van der Waals surface area (Å²) in [5, 5.41) is 0. The lowest BCUT2D eigenvalue weighted by Gasteiger charge is -2.09. The van der Waals surface area contributed by atoms with Gasteiger partial charge in [0, 0.05) is 5.92 Å². The molecule has 0 aromatic carbocycles. The summed E-state index contributed by atoms with van der Waals surface area (Å²) in [6.45, 7) is 4.33. The SMILES string of the molecule is CCCCC1CC(C)=C=C1N. The van der Waals surface area contributed by atoms with Gasteiger partial charge in [0.05, 0.1) is 5.70 Å². The smallest absolute Gasteiger partial charge is 0.0546 e. The second-order valence-corrected chi connectivity index (χ2v) is 3.40. The second-order valence-electron chi connectivity index (χ2n) is 3.40. The average Bonchev–Trinajstić information content (AvgIpc) is 2.26. The monoisotopic (exact) mass is 151 g/mol. The van der Waals surface area contributed by atoms with Gasteiger partial charge in [-0.3, -0.25) is 0 Å². The first-order valence-electron chi connectivity index (χ1n) is 4.45. The summed E-state index contributed by atoms with van der Waals surface area (Å²) in [5.41, 5.74) is 11.3. The molecule has 1 unspecified atom stereocenters. The summed E-state index contributed by atoms with van der Waals surface area (Å²) < 4.78 is 0. The predicted octanol–water partition coefficient (Wildman–Crippen LogP) is 2.58. The van der Waals surface area contributed by atoms with Crippen molar-refractivity contribution < 1.29 is 0 Å². The molecule has 1 rings (SSSR count). The molecule has 0 radical (unpaired) electrons. The quantitative estimate of drug-likeness (QED) is 0.616. The van der Waals surface area contributed by atoms with Gasteiger partial charge < -0.3 is 5.73 Å². The minimum atomic E-state index is 0.606. The fraction of sp³-hybridized carbons (Fsp3) is 0.700.